The molecule has 4 heteroatoms. The van der Waals surface area contributed by atoms with Crippen molar-refractivity contribution in [1.82, 2.24) is 10.9 Å². The van der Waals surface area contributed by atoms with Gasteiger partial charge >= 0.3 is 5.97 Å². The molecule has 1 aromatic rings. The maximum atomic E-state index is 11.2. The van der Waals surface area contributed by atoms with Gasteiger partial charge in [0, 0.05) is 18.0 Å². The first-order chi connectivity index (χ1) is 7.61. The Hall–Kier alpha value is -1.39. The smallest absolute Gasteiger partial charge is 0.335 e. The number of hydrogen-bond donors (Lipinski definition) is 3. The summed E-state index contributed by atoms with van der Waals surface area (Å²) in [6.45, 7) is 4.11. The van der Waals surface area contributed by atoms with E-state index >= 15 is 0 Å². The number of aromatic carboxylic acids is 1. The van der Waals surface area contributed by atoms with Crippen LogP contribution in [0.3, 0.4) is 0 Å². The Labute approximate surface area is 94.6 Å². The second-order valence-corrected chi connectivity index (χ2v) is 4.28. The third-order valence-electron chi connectivity index (χ3n) is 3.17. The molecule has 1 saturated heterocycles. The van der Waals surface area contributed by atoms with Crippen molar-refractivity contribution in [3.8, 4) is 0 Å². The summed E-state index contributed by atoms with van der Waals surface area (Å²) in [5, 5.41) is 9.16. The van der Waals surface area contributed by atoms with Gasteiger partial charge in [-0.1, -0.05) is 18.2 Å². The monoisotopic (exact) mass is 220 g/mol. The van der Waals surface area contributed by atoms with Crippen LogP contribution in [0, 0.1) is 0 Å². The SMILES string of the molecule is CC1NNC(C)C1c1ccccc1C(=O)O. The molecule has 1 heterocycles. The molecule has 2 unspecified atom stereocenters. The molecule has 0 aromatic heterocycles. The zero-order chi connectivity index (χ0) is 11.7. The molecule has 1 fully saturated rings. The summed E-state index contributed by atoms with van der Waals surface area (Å²) < 4.78 is 0. The van der Waals surface area contributed by atoms with Crippen molar-refractivity contribution >= 4 is 5.97 Å². The molecule has 0 bridgehead atoms. The van der Waals surface area contributed by atoms with Crippen LogP contribution in [0.2, 0.25) is 0 Å². The molecular formula is C12H16N2O2. The number of carboxylic acid groups (broad SMARTS) is 1. The van der Waals surface area contributed by atoms with Crippen LogP contribution in [0.1, 0.15) is 35.7 Å². The van der Waals surface area contributed by atoms with Crippen LogP contribution in [0.5, 0.6) is 0 Å². The van der Waals surface area contributed by atoms with Crippen molar-refractivity contribution in [2.45, 2.75) is 31.8 Å². The Bertz CT molecular complexity index is 396. The van der Waals surface area contributed by atoms with Gasteiger partial charge in [-0.3, -0.25) is 10.9 Å². The molecule has 0 amide bonds. The van der Waals surface area contributed by atoms with Gasteiger partial charge < -0.3 is 5.11 Å². The minimum absolute atomic E-state index is 0.187. The maximum Gasteiger partial charge on any atom is 0.335 e. The molecule has 0 spiro atoms. The summed E-state index contributed by atoms with van der Waals surface area (Å²) in [7, 11) is 0. The number of carboxylic acids is 1. The highest BCUT2D eigenvalue weighted by Gasteiger charge is 2.33. The highest BCUT2D eigenvalue weighted by Crippen LogP contribution is 2.29. The van der Waals surface area contributed by atoms with E-state index in [4.69, 9.17) is 5.11 Å². The summed E-state index contributed by atoms with van der Waals surface area (Å²) in [5.41, 5.74) is 7.58. The lowest BCUT2D eigenvalue weighted by Crippen LogP contribution is -2.30. The van der Waals surface area contributed by atoms with Crippen molar-refractivity contribution in [3.05, 3.63) is 35.4 Å². The molecule has 0 aliphatic carbocycles. The van der Waals surface area contributed by atoms with E-state index in [0.29, 0.717) is 5.56 Å². The van der Waals surface area contributed by atoms with Gasteiger partial charge in [0.2, 0.25) is 0 Å². The number of benzene rings is 1. The molecule has 4 nitrogen and oxygen atoms in total. The van der Waals surface area contributed by atoms with Gasteiger partial charge in [0.05, 0.1) is 5.56 Å². The van der Waals surface area contributed by atoms with Crippen LogP contribution < -0.4 is 10.9 Å². The highest BCUT2D eigenvalue weighted by molar-refractivity contribution is 5.89. The third-order valence-corrected chi connectivity index (χ3v) is 3.17. The van der Waals surface area contributed by atoms with Crippen LogP contribution in [-0.2, 0) is 0 Å². The van der Waals surface area contributed by atoms with Crippen LogP contribution >= 0.6 is 0 Å². The Balaban J connectivity index is 2.43. The predicted molar refractivity (Wildman–Crippen MR) is 61.3 cm³/mol. The summed E-state index contributed by atoms with van der Waals surface area (Å²) in [6, 6.07) is 7.68. The zero-order valence-corrected chi connectivity index (χ0v) is 9.40. The van der Waals surface area contributed by atoms with E-state index in [1.165, 1.54) is 0 Å². The van der Waals surface area contributed by atoms with E-state index < -0.39 is 5.97 Å². The fourth-order valence-corrected chi connectivity index (χ4v) is 2.40. The van der Waals surface area contributed by atoms with Crippen molar-refractivity contribution < 1.29 is 9.90 Å². The van der Waals surface area contributed by atoms with Gasteiger partial charge in [-0.25, -0.2) is 4.79 Å². The maximum absolute atomic E-state index is 11.2. The lowest BCUT2D eigenvalue weighted by Gasteiger charge is -2.20. The lowest BCUT2D eigenvalue weighted by atomic mass is 9.86. The van der Waals surface area contributed by atoms with E-state index in [-0.39, 0.29) is 18.0 Å². The van der Waals surface area contributed by atoms with Gasteiger partial charge in [-0.05, 0) is 25.5 Å². The number of carbonyl (C=O) groups is 1. The molecule has 16 heavy (non-hydrogen) atoms. The Morgan fingerprint density at radius 3 is 2.31 bits per heavy atom. The predicted octanol–water partition coefficient (Wildman–Crippen LogP) is 1.35. The van der Waals surface area contributed by atoms with E-state index in [2.05, 4.69) is 24.7 Å². The number of nitrogens with one attached hydrogen (secondary N) is 2. The third kappa shape index (κ3) is 1.81. The first-order valence-corrected chi connectivity index (χ1v) is 5.44. The summed E-state index contributed by atoms with van der Waals surface area (Å²) >= 11 is 0. The molecule has 2 atom stereocenters. The van der Waals surface area contributed by atoms with Gasteiger partial charge in [-0.15, -0.1) is 0 Å². The summed E-state index contributed by atoms with van der Waals surface area (Å²) in [5.74, 6) is -0.672. The molecule has 0 radical (unpaired) electrons. The molecule has 86 valence electrons. The first-order valence-electron chi connectivity index (χ1n) is 5.44. The van der Waals surface area contributed by atoms with E-state index in [0.717, 1.165) is 5.56 Å². The van der Waals surface area contributed by atoms with Crippen LogP contribution in [0.15, 0.2) is 24.3 Å². The Kier molecular flexibility index (Phi) is 2.94. The second-order valence-electron chi connectivity index (χ2n) is 4.28. The lowest BCUT2D eigenvalue weighted by molar-refractivity contribution is 0.0695. The Morgan fingerprint density at radius 2 is 1.75 bits per heavy atom. The minimum atomic E-state index is -0.859. The molecule has 1 aliphatic heterocycles. The molecule has 0 saturated carbocycles. The summed E-state index contributed by atoms with van der Waals surface area (Å²) in [4.78, 5) is 11.2. The van der Waals surface area contributed by atoms with Gasteiger partial charge in [0.15, 0.2) is 0 Å². The number of rotatable bonds is 2. The number of hydrogen-bond acceptors (Lipinski definition) is 3. The topological polar surface area (TPSA) is 61.4 Å². The first kappa shape index (κ1) is 11.1. The standard InChI is InChI=1S/C12H16N2O2/c1-7-11(8(2)14-13-7)9-5-3-4-6-10(9)12(15)16/h3-8,11,13-14H,1-2H3,(H,15,16). The van der Waals surface area contributed by atoms with Gasteiger partial charge in [0.25, 0.3) is 0 Å². The molecule has 1 aromatic carbocycles. The number of hydrazine groups is 1. The fourth-order valence-electron chi connectivity index (χ4n) is 2.40. The minimum Gasteiger partial charge on any atom is -0.478 e. The van der Waals surface area contributed by atoms with E-state index in [1.807, 2.05) is 12.1 Å². The van der Waals surface area contributed by atoms with Crippen LogP contribution in [-0.4, -0.2) is 23.2 Å². The van der Waals surface area contributed by atoms with Crippen LogP contribution in [0.25, 0.3) is 0 Å². The Morgan fingerprint density at radius 1 is 1.19 bits per heavy atom. The molecule has 2 rings (SSSR count). The zero-order valence-electron chi connectivity index (χ0n) is 9.40. The van der Waals surface area contributed by atoms with E-state index in [1.54, 1.807) is 12.1 Å². The fraction of sp³-hybridized carbons (Fsp3) is 0.417. The normalized spacial score (nSPS) is 29.2. The van der Waals surface area contributed by atoms with Gasteiger partial charge in [-0.2, -0.15) is 0 Å². The van der Waals surface area contributed by atoms with Gasteiger partial charge in [0.1, 0.15) is 0 Å². The van der Waals surface area contributed by atoms with E-state index in [9.17, 15) is 4.79 Å². The largest absolute Gasteiger partial charge is 0.478 e. The molecule has 3 N–H and O–H groups in total. The van der Waals surface area contributed by atoms with Crippen LogP contribution in [0.4, 0.5) is 0 Å². The van der Waals surface area contributed by atoms with Crippen molar-refractivity contribution in [1.29, 1.82) is 0 Å². The second kappa shape index (κ2) is 4.23. The molecule has 1 aliphatic rings. The summed E-state index contributed by atoms with van der Waals surface area (Å²) in [6.07, 6.45) is 0. The molecular weight excluding hydrogens is 204 g/mol. The average Bonchev–Trinajstić information content (AvgIpc) is 2.58. The van der Waals surface area contributed by atoms with Crippen molar-refractivity contribution in [2.24, 2.45) is 0 Å². The average molecular weight is 220 g/mol. The van der Waals surface area contributed by atoms with Crippen molar-refractivity contribution in [2.75, 3.05) is 0 Å². The van der Waals surface area contributed by atoms with Crippen molar-refractivity contribution in [3.63, 3.8) is 0 Å². The quantitative estimate of drug-likeness (QED) is 0.704. The highest BCUT2D eigenvalue weighted by atomic mass is 16.4.